The van der Waals surface area contributed by atoms with Gasteiger partial charge in [0.2, 0.25) is 11.8 Å². The highest BCUT2D eigenvalue weighted by Crippen LogP contribution is 2.35. The van der Waals surface area contributed by atoms with Crippen molar-refractivity contribution < 1.29 is 22.8 Å². The second-order valence-electron chi connectivity index (χ2n) is 7.64. The first-order valence-corrected chi connectivity index (χ1v) is 8.62. The molecule has 0 bridgehead atoms. The summed E-state index contributed by atoms with van der Waals surface area (Å²) in [6.45, 7) is 5.65. The van der Waals surface area contributed by atoms with Crippen LogP contribution in [0.15, 0.2) is 24.3 Å². The Hall–Kier alpha value is -2.13. The first-order valence-electron chi connectivity index (χ1n) is 8.62. The van der Waals surface area contributed by atoms with Crippen molar-refractivity contribution in [3.05, 3.63) is 35.4 Å². The molecule has 150 valence electrons. The number of halogens is 3. The molecule has 1 aliphatic rings. The van der Waals surface area contributed by atoms with E-state index in [1.165, 1.54) is 12.1 Å². The van der Waals surface area contributed by atoms with Crippen molar-refractivity contribution in [3.63, 3.8) is 0 Å². The zero-order valence-corrected chi connectivity index (χ0v) is 15.7. The molecule has 4 N–H and O–H groups in total. The van der Waals surface area contributed by atoms with Crippen LogP contribution in [0.1, 0.15) is 44.4 Å². The van der Waals surface area contributed by atoms with Crippen LogP contribution < -0.4 is 21.3 Å². The van der Waals surface area contributed by atoms with E-state index in [0.29, 0.717) is 5.56 Å². The highest BCUT2D eigenvalue weighted by molar-refractivity contribution is 5.89. The molecule has 1 saturated heterocycles. The standard InChI is InChI=1S/C18H25F3N4O2/c1-17(2,3)14(10-5-7-11(8-6-10)18(19,20)21)25-15(27)12-9-13(26)24-16(22-4)23-12/h5-8,12,14,16,22-23H,9H2,1-4H3,(H,24,26)(H,25,27)/t12?,14-,16?/m0/s1. The molecular formula is C18H25F3N4O2. The predicted molar refractivity (Wildman–Crippen MR) is 94.3 cm³/mol. The van der Waals surface area contributed by atoms with Crippen LogP contribution in [-0.4, -0.2) is 31.2 Å². The van der Waals surface area contributed by atoms with Gasteiger partial charge in [0.25, 0.3) is 0 Å². The summed E-state index contributed by atoms with van der Waals surface area (Å²) in [6.07, 6.45) is -4.96. The van der Waals surface area contributed by atoms with Crippen LogP contribution in [0.5, 0.6) is 0 Å². The molecule has 1 heterocycles. The van der Waals surface area contributed by atoms with Gasteiger partial charge in [-0.2, -0.15) is 13.2 Å². The number of carbonyl (C=O) groups is 2. The zero-order valence-electron chi connectivity index (χ0n) is 15.7. The Morgan fingerprint density at radius 2 is 1.78 bits per heavy atom. The largest absolute Gasteiger partial charge is 0.416 e. The topological polar surface area (TPSA) is 82.3 Å². The Labute approximate surface area is 156 Å². The van der Waals surface area contributed by atoms with Gasteiger partial charge in [-0.1, -0.05) is 32.9 Å². The zero-order chi connectivity index (χ0) is 20.4. The summed E-state index contributed by atoms with van der Waals surface area (Å²) < 4.78 is 38.4. The lowest BCUT2D eigenvalue weighted by Gasteiger charge is -2.35. The van der Waals surface area contributed by atoms with E-state index >= 15 is 0 Å². The fraction of sp³-hybridized carbons (Fsp3) is 0.556. The Balaban J connectivity index is 2.20. The van der Waals surface area contributed by atoms with Crippen LogP contribution in [0, 0.1) is 5.41 Å². The molecule has 2 rings (SSSR count). The van der Waals surface area contributed by atoms with Gasteiger partial charge in [0.1, 0.15) is 6.29 Å². The van der Waals surface area contributed by atoms with Gasteiger partial charge < -0.3 is 10.6 Å². The second-order valence-corrected chi connectivity index (χ2v) is 7.64. The van der Waals surface area contributed by atoms with Crippen LogP contribution in [0.4, 0.5) is 13.2 Å². The number of amides is 2. The first kappa shape index (κ1) is 21.2. The van der Waals surface area contributed by atoms with E-state index in [-0.39, 0.29) is 18.2 Å². The molecule has 0 aromatic heterocycles. The van der Waals surface area contributed by atoms with E-state index in [1.54, 1.807) is 7.05 Å². The Kier molecular flexibility index (Phi) is 6.16. The lowest BCUT2D eigenvalue weighted by molar-refractivity contribution is -0.137. The number of rotatable bonds is 4. The normalized spacial score (nSPS) is 22.1. The molecule has 1 aromatic carbocycles. The molecule has 0 radical (unpaired) electrons. The lowest BCUT2D eigenvalue weighted by atomic mass is 9.82. The van der Waals surface area contributed by atoms with Crippen molar-refractivity contribution in [2.75, 3.05) is 7.05 Å². The number of benzene rings is 1. The lowest BCUT2D eigenvalue weighted by Crippen LogP contribution is -2.65. The Morgan fingerprint density at radius 1 is 1.19 bits per heavy atom. The smallest absolute Gasteiger partial charge is 0.347 e. The quantitative estimate of drug-likeness (QED) is 0.637. The van der Waals surface area contributed by atoms with Crippen molar-refractivity contribution in [3.8, 4) is 0 Å². The van der Waals surface area contributed by atoms with Crippen molar-refractivity contribution >= 4 is 11.8 Å². The molecule has 6 nitrogen and oxygen atoms in total. The summed E-state index contributed by atoms with van der Waals surface area (Å²) in [5.41, 5.74) is -0.628. The van der Waals surface area contributed by atoms with E-state index in [4.69, 9.17) is 0 Å². The van der Waals surface area contributed by atoms with E-state index in [1.807, 2.05) is 20.8 Å². The van der Waals surface area contributed by atoms with Gasteiger partial charge in [-0.25, -0.2) is 0 Å². The summed E-state index contributed by atoms with van der Waals surface area (Å²) >= 11 is 0. The maximum atomic E-state index is 12.8. The van der Waals surface area contributed by atoms with E-state index < -0.39 is 35.5 Å². The van der Waals surface area contributed by atoms with Gasteiger partial charge in [0.05, 0.1) is 24.1 Å². The van der Waals surface area contributed by atoms with Crippen molar-refractivity contribution in [2.24, 2.45) is 5.41 Å². The van der Waals surface area contributed by atoms with Gasteiger partial charge >= 0.3 is 6.18 Å². The third-order valence-corrected chi connectivity index (χ3v) is 4.39. The molecular weight excluding hydrogens is 361 g/mol. The fourth-order valence-electron chi connectivity index (χ4n) is 2.94. The molecule has 0 spiro atoms. The second kappa shape index (κ2) is 7.85. The van der Waals surface area contributed by atoms with Crippen molar-refractivity contribution in [2.45, 2.75) is 51.7 Å². The highest BCUT2D eigenvalue weighted by atomic mass is 19.4. The van der Waals surface area contributed by atoms with Crippen LogP contribution in [-0.2, 0) is 15.8 Å². The van der Waals surface area contributed by atoms with Crippen molar-refractivity contribution in [1.82, 2.24) is 21.3 Å². The van der Waals surface area contributed by atoms with Crippen molar-refractivity contribution in [1.29, 1.82) is 0 Å². The first-order chi connectivity index (χ1) is 12.4. The van der Waals surface area contributed by atoms with E-state index in [0.717, 1.165) is 12.1 Å². The van der Waals surface area contributed by atoms with E-state index in [2.05, 4.69) is 21.3 Å². The monoisotopic (exact) mass is 386 g/mol. The molecule has 1 aromatic rings. The predicted octanol–water partition coefficient (Wildman–Crippen LogP) is 1.89. The molecule has 1 aliphatic heterocycles. The van der Waals surface area contributed by atoms with Gasteiger partial charge in [-0.15, -0.1) is 0 Å². The minimum Gasteiger partial charge on any atom is -0.347 e. The van der Waals surface area contributed by atoms with Crippen LogP contribution >= 0.6 is 0 Å². The van der Waals surface area contributed by atoms with Crippen LogP contribution in [0.3, 0.4) is 0 Å². The third-order valence-electron chi connectivity index (χ3n) is 4.39. The maximum Gasteiger partial charge on any atom is 0.416 e. The number of carbonyl (C=O) groups excluding carboxylic acids is 2. The SMILES string of the molecule is CNC1NC(=O)CC(C(=O)N[C@@H](c2ccc(C(F)(F)F)cc2)C(C)(C)C)N1. The summed E-state index contributed by atoms with van der Waals surface area (Å²) in [6, 6.07) is 3.49. The third kappa shape index (κ3) is 5.43. The molecule has 2 amide bonds. The molecule has 27 heavy (non-hydrogen) atoms. The number of nitrogens with one attached hydrogen (secondary N) is 4. The molecule has 3 atom stereocenters. The average Bonchev–Trinajstić information content (AvgIpc) is 2.57. The number of alkyl halides is 3. The van der Waals surface area contributed by atoms with Gasteiger partial charge in [0.15, 0.2) is 0 Å². The van der Waals surface area contributed by atoms with Gasteiger partial charge in [-0.3, -0.25) is 20.2 Å². The molecule has 2 unspecified atom stereocenters. The summed E-state index contributed by atoms with van der Waals surface area (Å²) in [5, 5.41) is 11.3. The average molecular weight is 386 g/mol. The molecule has 1 fully saturated rings. The maximum absolute atomic E-state index is 12.8. The minimum atomic E-state index is -4.42. The van der Waals surface area contributed by atoms with Gasteiger partial charge in [-0.05, 0) is 30.2 Å². The summed E-state index contributed by atoms with van der Waals surface area (Å²) in [5.74, 6) is -0.653. The summed E-state index contributed by atoms with van der Waals surface area (Å²) in [4.78, 5) is 24.5. The molecule has 9 heteroatoms. The fourth-order valence-corrected chi connectivity index (χ4v) is 2.94. The summed E-state index contributed by atoms with van der Waals surface area (Å²) in [7, 11) is 1.64. The van der Waals surface area contributed by atoms with Crippen LogP contribution in [0.25, 0.3) is 0 Å². The number of hydrogen-bond acceptors (Lipinski definition) is 4. The van der Waals surface area contributed by atoms with E-state index in [9.17, 15) is 22.8 Å². The molecule has 0 aliphatic carbocycles. The van der Waals surface area contributed by atoms with Gasteiger partial charge in [0, 0.05) is 0 Å². The minimum absolute atomic E-state index is 0.0200. The van der Waals surface area contributed by atoms with Crippen LogP contribution in [0.2, 0.25) is 0 Å². The highest BCUT2D eigenvalue weighted by Gasteiger charge is 2.35. The Morgan fingerprint density at radius 3 is 2.26 bits per heavy atom. The Bertz CT molecular complexity index is 683. The molecule has 0 saturated carbocycles. The number of hydrogen-bond donors (Lipinski definition) is 4.